The molecule has 0 spiro atoms. The number of hydrogen-bond acceptors (Lipinski definition) is 4. The molecule has 0 aromatic carbocycles. The van der Waals surface area contributed by atoms with Gasteiger partial charge in [-0.2, -0.15) is 0 Å². The van der Waals surface area contributed by atoms with Crippen molar-refractivity contribution in [2.24, 2.45) is 5.92 Å². The number of thiophene rings is 1. The smallest absolute Gasteiger partial charge is 0.346 e. The number of rotatable bonds is 3. The standard InChI is InChI=1S/C12H15NO4S/c1-7-5-9(18-10(7)12(15)16)13-11(14)8-3-2-4-17-6-8/h5,8H,2-4,6H2,1H3,(H,13,14)(H,15,16). The molecule has 1 atom stereocenters. The fourth-order valence-electron chi connectivity index (χ4n) is 1.93. The van der Waals surface area contributed by atoms with Crippen LogP contribution < -0.4 is 5.32 Å². The van der Waals surface area contributed by atoms with Gasteiger partial charge in [-0.05, 0) is 31.4 Å². The molecular formula is C12H15NO4S. The zero-order valence-corrected chi connectivity index (χ0v) is 10.9. The Kier molecular flexibility index (Phi) is 3.98. The Morgan fingerprint density at radius 1 is 1.56 bits per heavy atom. The van der Waals surface area contributed by atoms with Crippen molar-refractivity contribution in [2.45, 2.75) is 19.8 Å². The van der Waals surface area contributed by atoms with Gasteiger partial charge in [-0.1, -0.05) is 0 Å². The minimum Gasteiger partial charge on any atom is -0.477 e. The fourth-order valence-corrected chi connectivity index (χ4v) is 2.84. The van der Waals surface area contributed by atoms with E-state index >= 15 is 0 Å². The molecule has 0 saturated carbocycles. The van der Waals surface area contributed by atoms with Crippen molar-refractivity contribution in [2.75, 3.05) is 18.5 Å². The highest BCUT2D eigenvalue weighted by atomic mass is 32.1. The predicted molar refractivity (Wildman–Crippen MR) is 68.2 cm³/mol. The Balaban J connectivity index is 2.02. The SMILES string of the molecule is Cc1cc(NC(=O)C2CCCOC2)sc1C(=O)O. The molecule has 2 heterocycles. The lowest BCUT2D eigenvalue weighted by atomic mass is 10.0. The van der Waals surface area contributed by atoms with Gasteiger partial charge in [0, 0.05) is 6.61 Å². The molecule has 0 radical (unpaired) electrons. The highest BCUT2D eigenvalue weighted by molar-refractivity contribution is 7.18. The molecule has 1 aromatic rings. The van der Waals surface area contributed by atoms with Crippen LogP contribution in [0.1, 0.15) is 28.1 Å². The van der Waals surface area contributed by atoms with Gasteiger partial charge < -0.3 is 15.2 Å². The van der Waals surface area contributed by atoms with Crippen LogP contribution in [0.4, 0.5) is 5.00 Å². The van der Waals surface area contributed by atoms with E-state index in [0.717, 1.165) is 24.2 Å². The largest absolute Gasteiger partial charge is 0.477 e. The third-order valence-corrected chi connectivity index (χ3v) is 4.03. The van der Waals surface area contributed by atoms with Crippen LogP contribution in [0.5, 0.6) is 0 Å². The highest BCUT2D eigenvalue weighted by Gasteiger charge is 2.23. The number of carbonyl (C=O) groups is 2. The van der Waals surface area contributed by atoms with Crippen molar-refractivity contribution in [1.29, 1.82) is 0 Å². The van der Waals surface area contributed by atoms with E-state index in [2.05, 4.69) is 5.32 Å². The molecule has 98 valence electrons. The second-order valence-corrected chi connectivity index (χ2v) is 5.38. The van der Waals surface area contributed by atoms with Crippen LogP contribution in [0.3, 0.4) is 0 Å². The van der Waals surface area contributed by atoms with Crippen LogP contribution in [-0.4, -0.2) is 30.2 Å². The second-order valence-electron chi connectivity index (χ2n) is 4.33. The minimum atomic E-state index is -0.959. The summed E-state index contributed by atoms with van der Waals surface area (Å²) in [5.41, 5.74) is 0.669. The molecule has 2 N–H and O–H groups in total. The molecule has 1 aliphatic rings. The maximum Gasteiger partial charge on any atom is 0.346 e. The van der Waals surface area contributed by atoms with E-state index in [9.17, 15) is 9.59 Å². The Hall–Kier alpha value is -1.40. The maximum atomic E-state index is 11.9. The van der Waals surface area contributed by atoms with E-state index in [1.807, 2.05) is 0 Å². The molecule has 2 rings (SSSR count). The summed E-state index contributed by atoms with van der Waals surface area (Å²) in [4.78, 5) is 23.1. The second kappa shape index (κ2) is 5.49. The molecule has 1 fully saturated rings. The summed E-state index contributed by atoms with van der Waals surface area (Å²) in [7, 11) is 0. The fraction of sp³-hybridized carbons (Fsp3) is 0.500. The monoisotopic (exact) mass is 269 g/mol. The number of nitrogens with one attached hydrogen (secondary N) is 1. The first-order chi connectivity index (χ1) is 8.58. The molecule has 1 aromatic heterocycles. The number of amides is 1. The van der Waals surface area contributed by atoms with Gasteiger partial charge in [-0.15, -0.1) is 11.3 Å². The van der Waals surface area contributed by atoms with Gasteiger partial charge in [0.15, 0.2) is 0 Å². The highest BCUT2D eigenvalue weighted by Crippen LogP contribution is 2.27. The van der Waals surface area contributed by atoms with E-state index in [4.69, 9.17) is 9.84 Å². The van der Waals surface area contributed by atoms with Crippen LogP contribution >= 0.6 is 11.3 Å². The summed E-state index contributed by atoms with van der Waals surface area (Å²) in [6, 6.07) is 1.69. The number of carbonyl (C=O) groups excluding carboxylic acids is 1. The van der Waals surface area contributed by atoms with Crippen LogP contribution in [0, 0.1) is 12.8 Å². The summed E-state index contributed by atoms with van der Waals surface area (Å²) < 4.78 is 5.26. The van der Waals surface area contributed by atoms with E-state index in [1.54, 1.807) is 13.0 Å². The zero-order valence-electron chi connectivity index (χ0n) is 10.1. The Labute approximate surface area is 109 Å². The summed E-state index contributed by atoms with van der Waals surface area (Å²) in [6.45, 7) is 2.88. The quantitative estimate of drug-likeness (QED) is 0.881. The lowest BCUT2D eigenvalue weighted by molar-refractivity contribution is -0.123. The molecular weight excluding hydrogens is 254 g/mol. The molecule has 1 saturated heterocycles. The van der Waals surface area contributed by atoms with Gasteiger partial charge in [0.1, 0.15) is 4.88 Å². The number of anilines is 1. The van der Waals surface area contributed by atoms with Crippen LogP contribution in [0.2, 0.25) is 0 Å². The number of hydrogen-bond donors (Lipinski definition) is 2. The van der Waals surface area contributed by atoms with Gasteiger partial charge in [0.05, 0.1) is 17.5 Å². The zero-order chi connectivity index (χ0) is 13.1. The van der Waals surface area contributed by atoms with Crippen molar-refractivity contribution in [3.05, 3.63) is 16.5 Å². The molecule has 0 aliphatic carbocycles. The number of carboxylic acid groups (broad SMARTS) is 1. The number of aromatic carboxylic acids is 1. The van der Waals surface area contributed by atoms with Gasteiger partial charge in [-0.3, -0.25) is 4.79 Å². The Bertz CT molecular complexity index is 463. The third kappa shape index (κ3) is 2.88. The van der Waals surface area contributed by atoms with Crippen LogP contribution in [0.15, 0.2) is 6.07 Å². The summed E-state index contributed by atoms with van der Waals surface area (Å²) in [5.74, 6) is -1.18. The molecule has 1 amide bonds. The molecule has 1 unspecified atom stereocenters. The lowest BCUT2D eigenvalue weighted by Crippen LogP contribution is -2.29. The van der Waals surface area contributed by atoms with Gasteiger partial charge >= 0.3 is 5.97 Å². The first-order valence-electron chi connectivity index (χ1n) is 5.80. The summed E-state index contributed by atoms with van der Waals surface area (Å²) in [6.07, 6.45) is 1.71. The van der Waals surface area contributed by atoms with Crippen LogP contribution in [0.25, 0.3) is 0 Å². The topological polar surface area (TPSA) is 75.6 Å². The summed E-state index contributed by atoms with van der Waals surface area (Å²) in [5, 5.41) is 12.3. The Morgan fingerprint density at radius 2 is 2.33 bits per heavy atom. The average Bonchev–Trinajstić information content (AvgIpc) is 2.71. The first-order valence-corrected chi connectivity index (χ1v) is 6.62. The van der Waals surface area contributed by atoms with E-state index in [1.165, 1.54) is 0 Å². The normalized spacial score (nSPS) is 19.5. The maximum absolute atomic E-state index is 11.9. The van der Waals surface area contributed by atoms with Gasteiger partial charge in [0.2, 0.25) is 5.91 Å². The van der Waals surface area contributed by atoms with Crippen molar-refractivity contribution >= 4 is 28.2 Å². The minimum absolute atomic E-state index is 0.0899. The molecule has 0 bridgehead atoms. The number of ether oxygens (including phenoxy) is 1. The van der Waals surface area contributed by atoms with Gasteiger partial charge in [-0.25, -0.2) is 4.79 Å². The molecule has 18 heavy (non-hydrogen) atoms. The molecule has 1 aliphatic heterocycles. The molecule has 6 heteroatoms. The van der Waals surface area contributed by atoms with Crippen molar-refractivity contribution in [1.82, 2.24) is 0 Å². The van der Waals surface area contributed by atoms with E-state index < -0.39 is 5.97 Å². The van der Waals surface area contributed by atoms with Gasteiger partial charge in [0.25, 0.3) is 0 Å². The van der Waals surface area contributed by atoms with Crippen molar-refractivity contribution < 1.29 is 19.4 Å². The van der Waals surface area contributed by atoms with E-state index in [-0.39, 0.29) is 16.7 Å². The van der Waals surface area contributed by atoms with E-state index in [0.29, 0.717) is 23.8 Å². The predicted octanol–water partition coefficient (Wildman–Crippen LogP) is 2.12. The average molecular weight is 269 g/mol. The number of aryl methyl sites for hydroxylation is 1. The number of carboxylic acids is 1. The molecule has 5 nitrogen and oxygen atoms in total. The van der Waals surface area contributed by atoms with Crippen molar-refractivity contribution in [3.63, 3.8) is 0 Å². The van der Waals surface area contributed by atoms with Crippen molar-refractivity contribution in [3.8, 4) is 0 Å². The van der Waals surface area contributed by atoms with Crippen LogP contribution in [-0.2, 0) is 9.53 Å². The lowest BCUT2D eigenvalue weighted by Gasteiger charge is -2.20. The Morgan fingerprint density at radius 3 is 2.89 bits per heavy atom. The third-order valence-electron chi connectivity index (χ3n) is 2.89. The summed E-state index contributed by atoms with van der Waals surface area (Å²) >= 11 is 1.09. The first kappa shape index (κ1) is 13.0.